The fourth-order valence-electron chi connectivity index (χ4n) is 2.34. The van der Waals surface area contributed by atoms with Crippen LogP contribution in [0.25, 0.3) is 0 Å². The molecule has 1 saturated carbocycles. The third kappa shape index (κ3) is 2.76. The van der Waals surface area contributed by atoms with Gasteiger partial charge in [0.05, 0.1) is 17.6 Å². The Morgan fingerprint density at radius 3 is 2.69 bits per heavy atom. The van der Waals surface area contributed by atoms with Crippen molar-refractivity contribution in [3.05, 3.63) is 11.9 Å². The van der Waals surface area contributed by atoms with Gasteiger partial charge in [0.1, 0.15) is 5.69 Å². The summed E-state index contributed by atoms with van der Waals surface area (Å²) in [5.74, 6) is 0. The van der Waals surface area contributed by atoms with Crippen molar-refractivity contribution in [2.24, 2.45) is 0 Å². The molecule has 90 valence electrons. The lowest BCUT2D eigenvalue weighted by atomic mass is 10.1. The van der Waals surface area contributed by atoms with E-state index in [2.05, 4.69) is 17.2 Å². The highest BCUT2D eigenvalue weighted by Gasteiger charge is 2.17. The van der Waals surface area contributed by atoms with Crippen LogP contribution < -0.4 is 0 Å². The maximum absolute atomic E-state index is 6.16. The van der Waals surface area contributed by atoms with Crippen LogP contribution >= 0.6 is 11.6 Å². The molecule has 1 fully saturated rings. The van der Waals surface area contributed by atoms with Crippen LogP contribution in [0, 0.1) is 0 Å². The van der Waals surface area contributed by atoms with Gasteiger partial charge in [-0.3, -0.25) is 0 Å². The van der Waals surface area contributed by atoms with Crippen molar-refractivity contribution >= 4 is 11.6 Å². The summed E-state index contributed by atoms with van der Waals surface area (Å²) in [6.45, 7) is 2.07. The van der Waals surface area contributed by atoms with Gasteiger partial charge in [-0.25, -0.2) is 4.68 Å². The number of hydrogen-bond donors (Lipinski definition) is 0. The molecule has 0 radical (unpaired) electrons. The summed E-state index contributed by atoms with van der Waals surface area (Å²) < 4.78 is 2.03. The summed E-state index contributed by atoms with van der Waals surface area (Å²) >= 11 is 6.16. The van der Waals surface area contributed by atoms with Crippen molar-refractivity contribution in [1.29, 1.82) is 0 Å². The Morgan fingerprint density at radius 2 is 2.06 bits per heavy atom. The summed E-state index contributed by atoms with van der Waals surface area (Å²) in [7, 11) is 0. The lowest BCUT2D eigenvalue weighted by Gasteiger charge is -2.13. The number of aromatic nitrogens is 3. The predicted molar refractivity (Wildman–Crippen MR) is 65.6 cm³/mol. The normalized spacial score (nSPS) is 20.6. The summed E-state index contributed by atoms with van der Waals surface area (Å²) in [4.78, 5) is 0. The minimum atomic E-state index is 0.0135. The number of halogens is 1. The van der Waals surface area contributed by atoms with Crippen LogP contribution in [0.4, 0.5) is 0 Å². The van der Waals surface area contributed by atoms with E-state index in [4.69, 9.17) is 11.6 Å². The molecule has 0 aromatic carbocycles. The third-order valence-corrected chi connectivity index (χ3v) is 3.94. The Morgan fingerprint density at radius 1 is 1.38 bits per heavy atom. The average Bonchev–Trinajstić information content (AvgIpc) is 2.64. The van der Waals surface area contributed by atoms with E-state index >= 15 is 0 Å². The van der Waals surface area contributed by atoms with Gasteiger partial charge < -0.3 is 0 Å². The number of nitrogens with zero attached hydrogens (tertiary/aromatic N) is 3. The van der Waals surface area contributed by atoms with Crippen LogP contribution in [0.5, 0.6) is 0 Å². The molecule has 2 rings (SSSR count). The highest BCUT2D eigenvalue weighted by Crippen LogP contribution is 2.28. The third-order valence-electron chi connectivity index (χ3n) is 3.41. The Bertz CT molecular complexity index is 316. The molecule has 1 aliphatic carbocycles. The van der Waals surface area contributed by atoms with Crippen LogP contribution in [0.1, 0.15) is 69.0 Å². The van der Waals surface area contributed by atoms with Crippen LogP contribution in [-0.2, 0) is 0 Å². The van der Waals surface area contributed by atoms with Crippen molar-refractivity contribution < 1.29 is 0 Å². The summed E-state index contributed by atoms with van der Waals surface area (Å²) in [6.07, 6.45) is 10.8. The maximum atomic E-state index is 6.16. The Labute approximate surface area is 102 Å². The number of rotatable bonds is 3. The average molecular weight is 242 g/mol. The molecule has 3 nitrogen and oxygen atoms in total. The van der Waals surface area contributed by atoms with E-state index in [1.165, 1.54) is 38.5 Å². The Hall–Kier alpha value is -0.570. The van der Waals surface area contributed by atoms with Gasteiger partial charge in [-0.1, -0.05) is 37.8 Å². The minimum Gasteiger partial charge on any atom is -0.249 e. The molecule has 0 spiro atoms. The van der Waals surface area contributed by atoms with Crippen LogP contribution in [0.2, 0.25) is 0 Å². The van der Waals surface area contributed by atoms with Gasteiger partial charge in [0.25, 0.3) is 0 Å². The highest BCUT2D eigenvalue weighted by atomic mass is 35.5. The molecule has 0 bridgehead atoms. The first-order chi connectivity index (χ1) is 7.81. The molecule has 16 heavy (non-hydrogen) atoms. The molecule has 1 aromatic rings. The van der Waals surface area contributed by atoms with Crippen molar-refractivity contribution in [1.82, 2.24) is 15.0 Å². The first-order valence-corrected chi connectivity index (χ1v) is 6.80. The quantitative estimate of drug-likeness (QED) is 0.594. The van der Waals surface area contributed by atoms with Crippen LogP contribution in [-0.4, -0.2) is 15.0 Å². The monoisotopic (exact) mass is 241 g/mol. The molecular formula is C12H20ClN3. The van der Waals surface area contributed by atoms with Crippen molar-refractivity contribution in [3.63, 3.8) is 0 Å². The molecule has 0 amide bonds. The van der Waals surface area contributed by atoms with E-state index in [1.54, 1.807) is 0 Å². The SMILES string of the molecule is CCC(Cl)c1cn(C2CCCCCC2)nn1. The fourth-order valence-corrected chi connectivity index (χ4v) is 2.44. The molecule has 0 saturated heterocycles. The van der Waals surface area contributed by atoms with Crippen LogP contribution in [0.3, 0.4) is 0 Å². The van der Waals surface area contributed by atoms with Gasteiger partial charge in [0, 0.05) is 0 Å². The lowest BCUT2D eigenvalue weighted by Crippen LogP contribution is -2.08. The van der Waals surface area contributed by atoms with Gasteiger partial charge in [-0.2, -0.15) is 0 Å². The van der Waals surface area contributed by atoms with Crippen molar-refractivity contribution in [3.8, 4) is 0 Å². The van der Waals surface area contributed by atoms with Gasteiger partial charge in [0.2, 0.25) is 0 Å². The first kappa shape index (κ1) is 11.9. The molecule has 0 N–H and O–H groups in total. The van der Waals surface area contributed by atoms with E-state index in [1.807, 2.05) is 10.9 Å². The molecule has 0 aliphatic heterocycles. The zero-order chi connectivity index (χ0) is 11.4. The smallest absolute Gasteiger partial charge is 0.101 e. The molecule has 1 atom stereocenters. The fraction of sp³-hybridized carbons (Fsp3) is 0.833. The topological polar surface area (TPSA) is 30.7 Å². The van der Waals surface area contributed by atoms with Gasteiger partial charge >= 0.3 is 0 Å². The second-order valence-electron chi connectivity index (χ2n) is 4.64. The van der Waals surface area contributed by atoms with E-state index in [9.17, 15) is 0 Å². The second-order valence-corrected chi connectivity index (χ2v) is 5.17. The van der Waals surface area contributed by atoms with E-state index in [-0.39, 0.29) is 5.38 Å². The van der Waals surface area contributed by atoms with E-state index in [0.717, 1.165) is 12.1 Å². The Kier molecular flexibility index (Phi) is 4.22. The number of alkyl halides is 1. The molecular weight excluding hydrogens is 222 g/mol. The molecule has 1 aromatic heterocycles. The predicted octanol–water partition coefficient (Wildman–Crippen LogP) is 3.86. The van der Waals surface area contributed by atoms with Crippen molar-refractivity contribution in [2.45, 2.75) is 63.3 Å². The standard InChI is InChI=1S/C12H20ClN3/c1-2-11(13)12-9-16(15-14-12)10-7-5-3-4-6-8-10/h9-11H,2-8H2,1H3. The van der Waals surface area contributed by atoms with Gasteiger partial charge in [-0.05, 0) is 19.3 Å². The molecule has 4 heteroatoms. The van der Waals surface area contributed by atoms with Crippen LogP contribution in [0.15, 0.2) is 6.20 Å². The van der Waals surface area contributed by atoms with Gasteiger partial charge in [0.15, 0.2) is 0 Å². The van der Waals surface area contributed by atoms with E-state index < -0.39 is 0 Å². The first-order valence-electron chi connectivity index (χ1n) is 6.37. The summed E-state index contributed by atoms with van der Waals surface area (Å²) in [6, 6.07) is 0.546. The maximum Gasteiger partial charge on any atom is 0.101 e. The zero-order valence-electron chi connectivity index (χ0n) is 9.90. The molecule has 1 heterocycles. The zero-order valence-corrected chi connectivity index (χ0v) is 10.7. The largest absolute Gasteiger partial charge is 0.249 e. The Balaban J connectivity index is 2.05. The van der Waals surface area contributed by atoms with Crippen molar-refractivity contribution in [2.75, 3.05) is 0 Å². The van der Waals surface area contributed by atoms with E-state index in [0.29, 0.717) is 6.04 Å². The lowest BCUT2D eigenvalue weighted by molar-refractivity contribution is 0.396. The minimum absolute atomic E-state index is 0.0135. The highest BCUT2D eigenvalue weighted by molar-refractivity contribution is 6.20. The summed E-state index contributed by atoms with van der Waals surface area (Å²) in [5, 5.41) is 8.42. The number of hydrogen-bond acceptors (Lipinski definition) is 2. The summed E-state index contributed by atoms with van der Waals surface area (Å²) in [5.41, 5.74) is 0.924. The second kappa shape index (κ2) is 5.67. The molecule has 1 unspecified atom stereocenters. The van der Waals surface area contributed by atoms with Gasteiger partial charge in [-0.15, -0.1) is 16.7 Å². The molecule has 1 aliphatic rings.